The first-order valence-corrected chi connectivity index (χ1v) is 8.11. The van der Waals surface area contributed by atoms with Crippen molar-refractivity contribution < 1.29 is 14.3 Å². The van der Waals surface area contributed by atoms with Gasteiger partial charge in [-0.1, -0.05) is 42.5 Å². The molecule has 6 heteroatoms. The Labute approximate surface area is 147 Å². The van der Waals surface area contributed by atoms with Crippen LogP contribution in [-0.4, -0.2) is 31.1 Å². The Morgan fingerprint density at radius 1 is 1.12 bits per heavy atom. The van der Waals surface area contributed by atoms with Crippen molar-refractivity contribution in [3.63, 3.8) is 0 Å². The Balaban J connectivity index is 1.83. The molecule has 25 heavy (non-hydrogen) atoms. The van der Waals surface area contributed by atoms with Gasteiger partial charge in [-0.05, 0) is 30.2 Å². The summed E-state index contributed by atoms with van der Waals surface area (Å²) in [5.74, 6) is 0.459. The third-order valence-electron chi connectivity index (χ3n) is 3.58. The quantitative estimate of drug-likeness (QED) is 0.639. The summed E-state index contributed by atoms with van der Waals surface area (Å²) in [5, 5.41) is 5.24. The molecule has 6 nitrogen and oxygen atoms in total. The normalized spacial score (nSPS) is 11.4. The minimum atomic E-state index is -0.730. The number of hydrogen-bond donors (Lipinski definition) is 3. The second-order valence-electron chi connectivity index (χ2n) is 5.71. The molecule has 132 valence electrons. The van der Waals surface area contributed by atoms with Crippen LogP contribution in [0.3, 0.4) is 0 Å². The number of ether oxygens (including phenoxy) is 1. The first-order valence-electron chi connectivity index (χ1n) is 8.11. The van der Waals surface area contributed by atoms with E-state index < -0.39 is 12.1 Å². The highest BCUT2D eigenvalue weighted by molar-refractivity contribution is 5.86. The Bertz CT molecular complexity index is 704. The molecule has 0 aliphatic carbocycles. The number of aryl methyl sites for hydroxylation is 1. The molecule has 0 bridgehead atoms. The highest BCUT2D eigenvalue weighted by Crippen LogP contribution is 2.11. The van der Waals surface area contributed by atoms with Crippen molar-refractivity contribution in [2.24, 2.45) is 5.73 Å². The van der Waals surface area contributed by atoms with Gasteiger partial charge in [0.05, 0.1) is 6.54 Å². The van der Waals surface area contributed by atoms with Crippen LogP contribution in [0, 0.1) is 6.92 Å². The topological polar surface area (TPSA) is 93.4 Å². The summed E-state index contributed by atoms with van der Waals surface area (Å²) < 4.78 is 5.59. The van der Waals surface area contributed by atoms with E-state index in [1.807, 2.05) is 61.5 Å². The molecule has 0 aliphatic heterocycles. The standard InChI is InChI=1S/C19H23N3O3/c1-14-6-5-9-16(12-14)25-11-10-21-18(23)17(22-19(20)24)13-15-7-3-2-4-8-15/h2-9,12,17H,10-11,13H2,1H3,(H,21,23)(H3,20,22,24)/t17-/m1/s1. The van der Waals surface area contributed by atoms with Gasteiger partial charge in [0.15, 0.2) is 0 Å². The molecule has 0 unspecified atom stereocenters. The van der Waals surface area contributed by atoms with Gasteiger partial charge in [0.25, 0.3) is 0 Å². The zero-order chi connectivity index (χ0) is 18.1. The van der Waals surface area contributed by atoms with Gasteiger partial charge in [-0.25, -0.2) is 4.79 Å². The number of amides is 3. The maximum atomic E-state index is 12.3. The molecule has 1 atom stereocenters. The molecule has 0 heterocycles. The minimum absolute atomic E-state index is 0.296. The van der Waals surface area contributed by atoms with Crippen LogP contribution in [0.15, 0.2) is 54.6 Å². The maximum Gasteiger partial charge on any atom is 0.312 e. The summed E-state index contributed by atoms with van der Waals surface area (Å²) in [6.45, 7) is 2.65. The molecule has 0 spiro atoms. The van der Waals surface area contributed by atoms with E-state index in [9.17, 15) is 9.59 Å². The molecule has 0 saturated carbocycles. The van der Waals surface area contributed by atoms with Crippen molar-refractivity contribution in [2.75, 3.05) is 13.2 Å². The molecule has 4 N–H and O–H groups in total. The van der Waals surface area contributed by atoms with E-state index in [1.54, 1.807) is 0 Å². The number of rotatable bonds is 8. The lowest BCUT2D eigenvalue weighted by Gasteiger charge is -2.17. The van der Waals surface area contributed by atoms with Crippen LogP contribution < -0.4 is 21.1 Å². The van der Waals surface area contributed by atoms with Crippen molar-refractivity contribution in [3.05, 3.63) is 65.7 Å². The SMILES string of the molecule is Cc1cccc(OCCNC(=O)[C@@H](Cc2ccccc2)NC(N)=O)c1. The third kappa shape index (κ3) is 6.55. The Morgan fingerprint density at radius 2 is 1.88 bits per heavy atom. The number of hydrogen-bond acceptors (Lipinski definition) is 3. The van der Waals surface area contributed by atoms with Crippen LogP contribution in [-0.2, 0) is 11.2 Å². The van der Waals surface area contributed by atoms with E-state index in [0.717, 1.165) is 16.9 Å². The van der Waals surface area contributed by atoms with Gasteiger partial charge in [-0.15, -0.1) is 0 Å². The first kappa shape index (κ1) is 18.3. The van der Waals surface area contributed by atoms with Gasteiger partial charge in [-0.2, -0.15) is 0 Å². The van der Waals surface area contributed by atoms with Crippen LogP contribution in [0.4, 0.5) is 4.79 Å². The van der Waals surface area contributed by atoms with E-state index in [0.29, 0.717) is 19.6 Å². The molecule has 0 aliphatic rings. The largest absolute Gasteiger partial charge is 0.492 e. The number of carbonyl (C=O) groups is 2. The number of carbonyl (C=O) groups excluding carboxylic acids is 2. The molecule has 2 aromatic rings. The zero-order valence-corrected chi connectivity index (χ0v) is 14.2. The summed E-state index contributed by atoms with van der Waals surface area (Å²) in [5.41, 5.74) is 7.22. The Hall–Kier alpha value is -3.02. The molecular weight excluding hydrogens is 318 g/mol. The predicted molar refractivity (Wildman–Crippen MR) is 96.3 cm³/mol. The zero-order valence-electron chi connectivity index (χ0n) is 14.2. The molecule has 0 aromatic heterocycles. The van der Waals surface area contributed by atoms with Crippen molar-refractivity contribution in [2.45, 2.75) is 19.4 Å². The maximum absolute atomic E-state index is 12.3. The fourth-order valence-electron chi connectivity index (χ4n) is 2.40. The average Bonchev–Trinajstić information content (AvgIpc) is 2.58. The summed E-state index contributed by atoms with van der Waals surface area (Å²) in [7, 11) is 0. The van der Waals surface area contributed by atoms with E-state index in [1.165, 1.54) is 0 Å². The number of nitrogens with two attached hydrogens (primary N) is 1. The van der Waals surface area contributed by atoms with Crippen molar-refractivity contribution in [1.29, 1.82) is 0 Å². The monoisotopic (exact) mass is 341 g/mol. The fourth-order valence-corrected chi connectivity index (χ4v) is 2.40. The van der Waals surface area contributed by atoms with E-state index in [-0.39, 0.29) is 5.91 Å². The van der Waals surface area contributed by atoms with Crippen molar-refractivity contribution in [3.8, 4) is 5.75 Å². The number of benzene rings is 2. The Kier molecular flexibility index (Phi) is 6.83. The van der Waals surface area contributed by atoms with Crippen LogP contribution in [0.25, 0.3) is 0 Å². The van der Waals surface area contributed by atoms with Crippen molar-refractivity contribution in [1.82, 2.24) is 10.6 Å². The lowest BCUT2D eigenvalue weighted by Crippen LogP contribution is -2.50. The van der Waals surface area contributed by atoms with Gasteiger partial charge in [0.2, 0.25) is 5.91 Å². The minimum Gasteiger partial charge on any atom is -0.492 e. The van der Waals surface area contributed by atoms with Gasteiger partial charge in [0.1, 0.15) is 18.4 Å². The van der Waals surface area contributed by atoms with Crippen LogP contribution in [0.1, 0.15) is 11.1 Å². The van der Waals surface area contributed by atoms with Gasteiger partial charge < -0.3 is 21.1 Å². The summed E-state index contributed by atoms with van der Waals surface area (Å²) >= 11 is 0. The molecule has 0 radical (unpaired) electrons. The molecule has 3 amide bonds. The smallest absolute Gasteiger partial charge is 0.312 e. The van der Waals surface area contributed by atoms with Crippen molar-refractivity contribution >= 4 is 11.9 Å². The van der Waals surface area contributed by atoms with Gasteiger partial charge in [-0.3, -0.25) is 4.79 Å². The number of primary amides is 1. The van der Waals surface area contributed by atoms with Crippen LogP contribution in [0.5, 0.6) is 5.75 Å². The second kappa shape index (κ2) is 9.32. The van der Waals surface area contributed by atoms with Gasteiger partial charge >= 0.3 is 6.03 Å². The highest BCUT2D eigenvalue weighted by atomic mass is 16.5. The lowest BCUT2D eigenvalue weighted by molar-refractivity contribution is -0.123. The highest BCUT2D eigenvalue weighted by Gasteiger charge is 2.19. The summed E-state index contributed by atoms with van der Waals surface area (Å²) in [6, 6.07) is 15.7. The first-order chi connectivity index (χ1) is 12.0. The van der Waals surface area contributed by atoms with Crippen LogP contribution in [0.2, 0.25) is 0 Å². The molecule has 2 aromatic carbocycles. The molecule has 0 saturated heterocycles. The number of nitrogens with one attached hydrogen (secondary N) is 2. The Morgan fingerprint density at radius 3 is 2.56 bits per heavy atom. The molecule has 0 fully saturated rings. The van der Waals surface area contributed by atoms with E-state index in [4.69, 9.17) is 10.5 Å². The van der Waals surface area contributed by atoms with E-state index >= 15 is 0 Å². The number of urea groups is 1. The second-order valence-corrected chi connectivity index (χ2v) is 5.71. The van der Waals surface area contributed by atoms with E-state index in [2.05, 4.69) is 10.6 Å². The molecule has 2 rings (SSSR count). The van der Waals surface area contributed by atoms with Crippen LogP contribution >= 0.6 is 0 Å². The third-order valence-corrected chi connectivity index (χ3v) is 3.58. The molecular formula is C19H23N3O3. The fraction of sp³-hybridized carbons (Fsp3) is 0.263. The van der Waals surface area contributed by atoms with Gasteiger partial charge in [0, 0.05) is 6.42 Å². The average molecular weight is 341 g/mol. The predicted octanol–water partition coefficient (Wildman–Crippen LogP) is 1.77. The summed E-state index contributed by atoms with van der Waals surface area (Å²) in [6.07, 6.45) is 0.369. The lowest BCUT2D eigenvalue weighted by atomic mass is 10.1. The summed E-state index contributed by atoms with van der Waals surface area (Å²) in [4.78, 5) is 23.5.